The van der Waals surface area contributed by atoms with Crippen LogP contribution in [0.3, 0.4) is 0 Å². The van der Waals surface area contributed by atoms with Crippen LogP contribution >= 0.6 is 0 Å². The standard InChI is InChI=1S/C7H9N3O3/c11-7(12)9-5-3-10-1-2-13-4-6(10)8-5/h3,9H,1-2,4H2,(H,11,12). The first kappa shape index (κ1) is 8.06. The van der Waals surface area contributed by atoms with Crippen molar-refractivity contribution in [3.05, 3.63) is 12.0 Å². The van der Waals surface area contributed by atoms with Crippen LogP contribution in [0.4, 0.5) is 10.6 Å². The van der Waals surface area contributed by atoms with Gasteiger partial charge >= 0.3 is 6.09 Å². The first-order chi connectivity index (χ1) is 6.25. The molecule has 6 heteroatoms. The van der Waals surface area contributed by atoms with Crippen molar-refractivity contribution < 1.29 is 14.6 Å². The maximum absolute atomic E-state index is 10.3. The predicted molar refractivity (Wildman–Crippen MR) is 43.5 cm³/mol. The second-order valence-electron chi connectivity index (χ2n) is 2.72. The zero-order chi connectivity index (χ0) is 9.26. The summed E-state index contributed by atoms with van der Waals surface area (Å²) in [6.45, 7) is 1.82. The molecule has 0 saturated carbocycles. The van der Waals surface area contributed by atoms with Crippen LogP contribution in [-0.2, 0) is 17.9 Å². The molecule has 0 unspecified atom stereocenters. The fourth-order valence-corrected chi connectivity index (χ4v) is 1.26. The highest BCUT2D eigenvalue weighted by atomic mass is 16.5. The Morgan fingerprint density at radius 3 is 3.31 bits per heavy atom. The van der Waals surface area contributed by atoms with Gasteiger partial charge in [0.15, 0.2) is 5.82 Å². The summed E-state index contributed by atoms with van der Waals surface area (Å²) >= 11 is 0. The number of carbonyl (C=O) groups is 1. The molecule has 2 N–H and O–H groups in total. The van der Waals surface area contributed by atoms with E-state index in [4.69, 9.17) is 9.84 Å². The van der Waals surface area contributed by atoms with E-state index < -0.39 is 6.09 Å². The van der Waals surface area contributed by atoms with Gasteiger partial charge < -0.3 is 14.4 Å². The molecular formula is C7H9N3O3. The number of rotatable bonds is 1. The molecule has 1 aromatic rings. The first-order valence-electron chi connectivity index (χ1n) is 3.89. The van der Waals surface area contributed by atoms with Gasteiger partial charge in [0.05, 0.1) is 6.61 Å². The Morgan fingerprint density at radius 1 is 1.77 bits per heavy atom. The van der Waals surface area contributed by atoms with Crippen molar-refractivity contribution in [2.24, 2.45) is 0 Å². The fraction of sp³-hybridized carbons (Fsp3) is 0.429. The molecule has 1 aromatic heterocycles. The van der Waals surface area contributed by atoms with Crippen molar-refractivity contribution in [2.75, 3.05) is 11.9 Å². The van der Waals surface area contributed by atoms with E-state index in [-0.39, 0.29) is 0 Å². The Kier molecular flexibility index (Phi) is 1.90. The van der Waals surface area contributed by atoms with Crippen molar-refractivity contribution in [2.45, 2.75) is 13.2 Å². The van der Waals surface area contributed by atoms with Gasteiger partial charge in [-0.25, -0.2) is 9.78 Å². The van der Waals surface area contributed by atoms with E-state index in [1.807, 2.05) is 4.57 Å². The third-order valence-corrected chi connectivity index (χ3v) is 1.80. The summed E-state index contributed by atoms with van der Waals surface area (Å²) in [6, 6.07) is 0. The summed E-state index contributed by atoms with van der Waals surface area (Å²) in [5.74, 6) is 1.11. The molecule has 2 rings (SSSR count). The van der Waals surface area contributed by atoms with Gasteiger partial charge in [-0.1, -0.05) is 0 Å². The smallest absolute Gasteiger partial charge is 0.410 e. The summed E-state index contributed by atoms with van der Waals surface area (Å²) in [5.41, 5.74) is 0. The van der Waals surface area contributed by atoms with Crippen LogP contribution in [0.25, 0.3) is 0 Å². The van der Waals surface area contributed by atoms with Crippen molar-refractivity contribution in [1.82, 2.24) is 9.55 Å². The van der Waals surface area contributed by atoms with Crippen LogP contribution in [0.5, 0.6) is 0 Å². The number of aromatic nitrogens is 2. The van der Waals surface area contributed by atoms with E-state index in [9.17, 15) is 4.79 Å². The minimum absolute atomic E-state index is 0.355. The van der Waals surface area contributed by atoms with Crippen molar-refractivity contribution in [3.63, 3.8) is 0 Å². The third kappa shape index (κ3) is 1.62. The lowest BCUT2D eigenvalue weighted by Crippen LogP contribution is -2.15. The molecule has 70 valence electrons. The van der Waals surface area contributed by atoms with Crippen LogP contribution < -0.4 is 5.32 Å². The Morgan fingerprint density at radius 2 is 2.62 bits per heavy atom. The van der Waals surface area contributed by atoms with E-state index in [1.165, 1.54) is 0 Å². The number of nitrogens with zero attached hydrogens (tertiary/aromatic N) is 2. The van der Waals surface area contributed by atoms with Crippen LogP contribution in [0.1, 0.15) is 5.82 Å². The third-order valence-electron chi connectivity index (χ3n) is 1.80. The van der Waals surface area contributed by atoms with E-state index in [0.29, 0.717) is 19.0 Å². The maximum atomic E-state index is 10.3. The average molecular weight is 183 g/mol. The number of fused-ring (bicyclic) bond motifs is 1. The van der Waals surface area contributed by atoms with Crippen molar-refractivity contribution >= 4 is 11.9 Å². The molecule has 0 atom stereocenters. The molecule has 0 saturated heterocycles. The zero-order valence-corrected chi connectivity index (χ0v) is 6.86. The number of hydrogen-bond acceptors (Lipinski definition) is 3. The Hall–Kier alpha value is -1.56. The highest BCUT2D eigenvalue weighted by Gasteiger charge is 2.12. The van der Waals surface area contributed by atoms with E-state index in [0.717, 1.165) is 12.4 Å². The fourth-order valence-electron chi connectivity index (χ4n) is 1.26. The van der Waals surface area contributed by atoms with Crippen molar-refractivity contribution in [1.29, 1.82) is 0 Å². The van der Waals surface area contributed by atoms with E-state index in [2.05, 4.69) is 10.3 Å². The molecule has 0 spiro atoms. The highest BCUT2D eigenvalue weighted by Crippen LogP contribution is 2.12. The summed E-state index contributed by atoms with van der Waals surface area (Å²) in [5, 5.41) is 10.6. The van der Waals surface area contributed by atoms with Gasteiger partial charge in [0.25, 0.3) is 0 Å². The molecule has 0 radical (unpaired) electrons. The number of carboxylic acid groups (broad SMARTS) is 1. The van der Waals surface area contributed by atoms with Gasteiger partial charge in [0, 0.05) is 12.7 Å². The molecular weight excluding hydrogens is 174 g/mol. The summed E-state index contributed by atoms with van der Waals surface area (Å²) in [7, 11) is 0. The highest BCUT2D eigenvalue weighted by molar-refractivity contribution is 5.81. The van der Waals surface area contributed by atoms with E-state index in [1.54, 1.807) is 6.20 Å². The number of nitrogens with one attached hydrogen (secondary N) is 1. The van der Waals surface area contributed by atoms with Gasteiger partial charge in [-0.05, 0) is 0 Å². The van der Waals surface area contributed by atoms with Crippen LogP contribution in [0.15, 0.2) is 6.20 Å². The number of amides is 1. The van der Waals surface area contributed by atoms with Gasteiger partial charge in [-0.15, -0.1) is 0 Å². The Balaban J connectivity index is 2.20. The van der Waals surface area contributed by atoms with Crippen LogP contribution in [-0.4, -0.2) is 27.4 Å². The molecule has 1 aliphatic heterocycles. The lowest BCUT2D eigenvalue weighted by molar-refractivity contribution is 0.0816. The summed E-state index contributed by atoms with van der Waals surface area (Å²) < 4.78 is 7.04. The monoisotopic (exact) mass is 183 g/mol. The molecule has 1 amide bonds. The minimum Gasteiger partial charge on any atom is -0.465 e. The SMILES string of the molecule is O=C(O)Nc1cn2c(n1)COCC2. The van der Waals surface area contributed by atoms with E-state index >= 15 is 0 Å². The normalized spacial score (nSPS) is 15.1. The van der Waals surface area contributed by atoms with Gasteiger partial charge in [-0.3, -0.25) is 5.32 Å². The number of hydrogen-bond donors (Lipinski definition) is 2. The molecule has 0 fully saturated rings. The summed E-state index contributed by atoms with van der Waals surface area (Å²) in [6.07, 6.45) is 0.572. The first-order valence-corrected chi connectivity index (χ1v) is 3.89. The second-order valence-corrected chi connectivity index (χ2v) is 2.72. The predicted octanol–water partition coefficient (Wildman–Crippen LogP) is 0.503. The number of ether oxygens (including phenoxy) is 1. The zero-order valence-electron chi connectivity index (χ0n) is 6.86. The topological polar surface area (TPSA) is 76.4 Å². The molecule has 0 aliphatic carbocycles. The minimum atomic E-state index is -1.10. The van der Waals surface area contributed by atoms with Crippen molar-refractivity contribution in [3.8, 4) is 0 Å². The maximum Gasteiger partial charge on any atom is 0.410 e. The molecule has 0 aromatic carbocycles. The molecule has 13 heavy (non-hydrogen) atoms. The van der Waals surface area contributed by atoms with Crippen LogP contribution in [0, 0.1) is 0 Å². The molecule has 6 nitrogen and oxygen atoms in total. The molecule has 2 heterocycles. The average Bonchev–Trinajstić information content (AvgIpc) is 2.44. The largest absolute Gasteiger partial charge is 0.465 e. The Labute approximate surface area is 74.1 Å². The number of imidazole rings is 1. The van der Waals surface area contributed by atoms with Gasteiger partial charge in [-0.2, -0.15) is 0 Å². The van der Waals surface area contributed by atoms with Crippen LogP contribution in [0.2, 0.25) is 0 Å². The van der Waals surface area contributed by atoms with Gasteiger partial charge in [0.1, 0.15) is 12.4 Å². The lowest BCUT2D eigenvalue weighted by atomic mass is 10.5. The molecule has 1 aliphatic rings. The Bertz CT molecular complexity index is 310. The second kappa shape index (κ2) is 3.06. The molecule has 0 bridgehead atoms. The summed E-state index contributed by atoms with van der Waals surface area (Å²) in [4.78, 5) is 14.3. The van der Waals surface area contributed by atoms with Gasteiger partial charge in [0.2, 0.25) is 0 Å². The lowest BCUT2D eigenvalue weighted by Gasteiger charge is -2.12. The number of anilines is 1. The quantitative estimate of drug-likeness (QED) is 0.664.